The lowest BCUT2D eigenvalue weighted by atomic mass is 10.1. The maximum absolute atomic E-state index is 12.9. The molecule has 1 saturated heterocycles. The van der Waals surface area contributed by atoms with Crippen molar-refractivity contribution >= 4 is 22.2 Å². The number of ether oxygens (including phenoxy) is 1. The number of methoxy groups -OCH3 is 1. The van der Waals surface area contributed by atoms with Gasteiger partial charge in [0.1, 0.15) is 10.8 Å². The topological polar surface area (TPSA) is 80.0 Å². The van der Waals surface area contributed by atoms with Crippen LogP contribution in [0.5, 0.6) is 5.75 Å². The number of aryl methyl sites for hydroxylation is 1. The maximum Gasteiger partial charge on any atom is 0.275 e. The van der Waals surface area contributed by atoms with Gasteiger partial charge in [-0.3, -0.25) is 14.5 Å². The molecule has 1 fully saturated rings. The predicted molar refractivity (Wildman–Crippen MR) is 131 cm³/mol. The fourth-order valence-corrected chi connectivity index (χ4v) is 4.96. The van der Waals surface area contributed by atoms with Crippen molar-refractivity contribution in [3.63, 3.8) is 0 Å². The summed E-state index contributed by atoms with van der Waals surface area (Å²) in [6, 6.07) is 16.9. The molecular weight excluding hydrogens is 450 g/mol. The molecule has 0 unspecified atom stereocenters. The number of fused-ring (bicyclic) bond motifs is 1. The molecule has 3 heterocycles. The van der Waals surface area contributed by atoms with E-state index in [-0.39, 0.29) is 11.5 Å². The molecular formula is C25H25N5O3S. The number of benzene rings is 2. The minimum atomic E-state index is -0.179. The van der Waals surface area contributed by atoms with Crippen LogP contribution >= 0.6 is 11.3 Å². The highest BCUT2D eigenvalue weighted by Crippen LogP contribution is 2.24. The van der Waals surface area contributed by atoms with Gasteiger partial charge in [0.15, 0.2) is 0 Å². The zero-order valence-corrected chi connectivity index (χ0v) is 19.9. The Kier molecular flexibility index (Phi) is 6.12. The van der Waals surface area contributed by atoms with E-state index in [0.29, 0.717) is 49.0 Å². The molecule has 0 saturated carbocycles. The van der Waals surface area contributed by atoms with Crippen molar-refractivity contribution in [1.29, 1.82) is 0 Å². The smallest absolute Gasteiger partial charge is 0.275 e. The monoisotopic (exact) mass is 475 g/mol. The fourth-order valence-electron chi connectivity index (χ4n) is 4.03. The van der Waals surface area contributed by atoms with Crippen LogP contribution in [0.25, 0.3) is 15.5 Å². The number of rotatable bonds is 5. The van der Waals surface area contributed by atoms with Crippen LogP contribution in [0.15, 0.2) is 59.4 Å². The van der Waals surface area contributed by atoms with Crippen molar-refractivity contribution in [1.82, 2.24) is 24.4 Å². The standard InChI is InChI=1S/C25H25N5O3S/c1-17-6-8-18(9-7-17)23-27-30-22(31)15-20(26-25(30)34-23)16-28-10-12-29(13-11-28)24(32)19-4-3-5-21(14-19)33-2/h3-9,14-15H,10-13,16H2,1-2H3. The third-order valence-corrected chi connectivity index (χ3v) is 6.92. The van der Waals surface area contributed by atoms with Gasteiger partial charge in [0.25, 0.3) is 11.5 Å². The average molecular weight is 476 g/mol. The van der Waals surface area contributed by atoms with Gasteiger partial charge >= 0.3 is 0 Å². The van der Waals surface area contributed by atoms with E-state index in [1.165, 1.54) is 21.4 Å². The minimum Gasteiger partial charge on any atom is -0.497 e. The number of carbonyl (C=O) groups is 1. The van der Waals surface area contributed by atoms with Gasteiger partial charge in [0, 0.05) is 49.9 Å². The van der Waals surface area contributed by atoms with Crippen molar-refractivity contribution in [2.45, 2.75) is 13.5 Å². The number of hydrogen-bond donors (Lipinski definition) is 0. The summed E-state index contributed by atoms with van der Waals surface area (Å²) in [5, 5.41) is 5.23. The zero-order valence-electron chi connectivity index (χ0n) is 19.1. The summed E-state index contributed by atoms with van der Waals surface area (Å²) >= 11 is 1.41. The summed E-state index contributed by atoms with van der Waals surface area (Å²) in [7, 11) is 1.59. The lowest BCUT2D eigenvalue weighted by molar-refractivity contribution is 0.0626. The number of nitrogens with zero attached hydrogens (tertiary/aromatic N) is 5. The first-order valence-corrected chi connectivity index (χ1v) is 11.9. The van der Waals surface area contributed by atoms with Gasteiger partial charge in [0.2, 0.25) is 4.96 Å². The molecule has 174 valence electrons. The van der Waals surface area contributed by atoms with E-state index < -0.39 is 0 Å². The molecule has 34 heavy (non-hydrogen) atoms. The third-order valence-electron chi connectivity index (χ3n) is 5.96. The molecule has 2 aromatic heterocycles. The third kappa shape index (κ3) is 4.57. The Morgan fingerprint density at radius 1 is 1.06 bits per heavy atom. The summed E-state index contributed by atoms with van der Waals surface area (Å²) in [5.41, 5.74) is 3.31. The number of hydrogen-bond acceptors (Lipinski definition) is 7. The van der Waals surface area contributed by atoms with E-state index in [1.54, 1.807) is 19.2 Å². The van der Waals surface area contributed by atoms with E-state index in [4.69, 9.17) is 9.72 Å². The number of amides is 1. The second kappa shape index (κ2) is 9.36. The highest BCUT2D eigenvalue weighted by atomic mass is 32.1. The van der Waals surface area contributed by atoms with Crippen LogP contribution in [0, 0.1) is 6.92 Å². The van der Waals surface area contributed by atoms with Gasteiger partial charge in [0.05, 0.1) is 12.8 Å². The SMILES string of the molecule is COc1cccc(C(=O)N2CCN(Cc3cc(=O)n4nc(-c5ccc(C)cc5)sc4n3)CC2)c1. The van der Waals surface area contributed by atoms with Crippen LogP contribution in [0.4, 0.5) is 0 Å². The Morgan fingerprint density at radius 2 is 1.82 bits per heavy atom. The quantitative estimate of drug-likeness (QED) is 0.441. The molecule has 0 aliphatic carbocycles. The van der Waals surface area contributed by atoms with E-state index in [9.17, 15) is 9.59 Å². The molecule has 1 aliphatic rings. The first-order valence-electron chi connectivity index (χ1n) is 11.1. The summed E-state index contributed by atoms with van der Waals surface area (Å²) in [6.45, 7) is 5.27. The summed E-state index contributed by atoms with van der Waals surface area (Å²) in [6.07, 6.45) is 0. The van der Waals surface area contributed by atoms with Gasteiger partial charge in [-0.05, 0) is 25.1 Å². The number of carbonyl (C=O) groups excluding carboxylic acids is 1. The molecule has 1 amide bonds. The van der Waals surface area contributed by atoms with E-state index in [0.717, 1.165) is 16.3 Å². The second-order valence-corrected chi connectivity index (χ2v) is 9.31. The molecule has 2 aromatic carbocycles. The lowest BCUT2D eigenvalue weighted by Crippen LogP contribution is -2.48. The van der Waals surface area contributed by atoms with Crippen molar-refractivity contribution < 1.29 is 9.53 Å². The largest absolute Gasteiger partial charge is 0.497 e. The summed E-state index contributed by atoms with van der Waals surface area (Å²) < 4.78 is 6.60. The van der Waals surface area contributed by atoms with Gasteiger partial charge in [-0.2, -0.15) is 9.61 Å². The van der Waals surface area contributed by atoms with Crippen molar-refractivity contribution in [2.24, 2.45) is 0 Å². The maximum atomic E-state index is 12.9. The van der Waals surface area contributed by atoms with Crippen molar-refractivity contribution in [3.8, 4) is 16.3 Å². The van der Waals surface area contributed by atoms with E-state index >= 15 is 0 Å². The molecule has 1 aliphatic heterocycles. The van der Waals surface area contributed by atoms with Gasteiger partial charge in [-0.25, -0.2) is 4.98 Å². The fraction of sp³-hybridized carbons (Fsp3) is 0.280. The van der Waals surface area contributed by atoms with Crippen LogP contribution in [0.3, 0.4) is 0 Å². The molecule has 5 rings (SSSR count). The molecule has 4 aromatic rings. The molecule has 0 radical (unpaired) electrons. The molecule has 0 bridgehead atoms. The van der Waals surface area contributed by atoms with Crippen molar-refractivity contribution in [3.05, 3.63) is 81.8 Å². The molecule has 0 atom stereocenters. The zero-order chi connectivity index (χ0) is 23.7. The second-order valence-electron chi connectivity index (χ2n) is 8.35. The summed E-state index contributed by atoms with van der Waals surface area (Å²) in [5.74, 6) is 0.676. The van der Waals surface area contributed by atoms with E-state index in [1.807, 2.05) is 54.3 Å². The molecule has 8 nitrogen and oxygen atoms in total. The Labute approximate surface area is 201 Å². The summed E-state index contributed by atoms with van der Waals surface area (Å²) in [4.78, 5) is 34.9. The van der Waals surface area contributed by atoms with Crippen LogP contribution < -0.4 is 10.3 Å². The normalized spacial score (nSPS) is 14.5. The molecule has 0 N–H and O–H groups in total. The van der Waals surface area contributed by atoms with Gasteiger partial charge in [-0.1, -0.05) is 47.2 Å². The van der Waals surface area contributed by atoms with Crippen LogP contribution in [-0.4, -0.2) is 63.6 Å². The lowest BCUT2D eigenvalue weighted by Gasteiger charge is -2.34. The number of aromatic nitrogens is 3. The van der Waals surface area contributed by atoms with Crippen molar-refractivity contribution in [2.75, 3.05) is 33.3 Å². The Hall–Kier alpha value is -3.56. The predicted octanol–water partition coefficient (Wildman–Crippen LogP) is 3.09. The van der Waals surface area contributed by atoms with E-state index in [2.05, 4.69) is 10.00 Å². The van der Waals surface area contributed by atoms with Gasteiger partial charge < -0.3 is 9.64 Å². The molecule has 9 heteroatoms. The highest BCUT2D eigenvalue weighted by Gasteiger charge is 2.23. The van der Waals surface area contributed by atoms with Gasteiger partial charge in [-0.15, -0.1) is 0 Å². The Bertz CT molecular complexity index is 1390. The average Bonchev–Trinajstić information content (AvgIpc) is 3.29. The first kappa shape index (κ1) is 22.2. The Balaban J connectivity index is 1.26. The first-order chi connectivity index (χ1) is 16.5. The van der Waals surface area contributed by atoms with Crippen LogP contribution in [0.1, 0.15) is 21.6 Å². The van der Waals surface area contributed by atoms with Crippen LogP contribution in [0.2, 0.25) is 0 Å². The number of piperazine rings is 1. The minimum absolute atomic E-state index is 0.00429. The Morgan fingerprint density at radius 3 is 2.56 bits per heavy atom. The molecule has 0 spiro atoms. The van der Waals surface area contributed by atoms with Crippen LogP contribution in [-0.2, 0) is 6.54 Å². The highest BCUT2D eigenvalue weighted by molar-refractivity contribution is 7.19.